The first-order valence-corrected chi connectivity index (χ1v) is 23.3. The van der Waals surface area contributed by atoms with Crippen molar-refractivity contribution < 1.29 is 50.0 Å². The molecule has 1 N–H and O–H groups in total. The standard InChI is InChI=1S/C27H27F2N3O4.C26H24F2N4O3/c28-25(29)26(34)30-16-24(33)21-6-4-19(5-7-21)17-32(27(35)31-13-2-1-3-14-31)23-10-8-20(9-11-23)22-12-15-36-18-22;27-23(28)25-30-29-24(35-25)20-6-4-18(5-7-20)16-32(26(33)31-13-2-1-3-14-31)22-10-8-19(9-11-22)21-12-15-34-17-21/h4-12,15,18,25H,1-3,13-14,16-17H2,(H,30,34);4-12,15,17,23H,1-3,13-14,16H2. The van der Waals surface area contributed by atoms with Crippen molar-refractivity contribution in [3.63, 3.8) is 0 Å². The van der Waals surface area contributed by atoms with E-state index in [0.29, 0.717) is 25.2 Å². The number of Topliss-reactive ketones (excluding diaryl/α,β-unsaturated/α-hetero) is 1. The SMILES string of the molecule is O=C(CNC(=O)C(F)F)c1ccc(CN(C(=O)N2CCCCC2)c2ccc(-c3ccoc3)cc2)cc1.O=C(N1CCCCC1)N(Cc1ccc(-c2nnc(C(F)F)o2)cc1)c1ccc(-c2ccoc2)cc1. The largest absolute Gasteiger partial charge is 0.472 e. The fraction of sp³-hybridized carbons (Fsp3) is 0.283. The fourth-order valence-corrected chi connectivity index (χ4v) is 8.28. The smallest absolute Gasteiger partial charge is 0.324 e. The molecular formula is C53H51F4N7O7. The zero-order valence-electron chi connectivity index (χ0n) is 38.6. The van der Waals surface area contributed by atoms with Gasteiger partial charge in [-0.05, 0) is 109 Å². The van der Waals surface area contributed by atoms with Crippen LogP contribution in [0.5, 0.6) is 0 Å². The van der Waals surface area contributed by atoms with E-state index < -0.39 is 37.0 Å². The number of likely N-dealkylation sites (tertiary alicyclic amines) is 2. The Hall–Kier alpha value is -8.02. The Morgan fingerprint density at radius 1 is 0.549 bits per heavy atom. The Morgan fingerprint density at radius 2 is 1.00 bits per heavy atom. The van der Waals surface area contributed by atoms with Crippen LogP contribution >= 0.6 is 0 Å². The Kier molecular flexibility index (Phi) is 16.4. The summed E-state index contributed by atoms with van der Waals surface area (Å²) in [6, 6.07) is 32.8. The van der Waals surface area contributed by atoms with Crippen molar-refractivity contribution in [3.05, 3.63) is 157 Å². The second-order valence-corrected chi connectivity index (χ2v) is 17.0. The topological polar surface area (TPSA) is 158 Å². The van der Waals surface area contributed by atoms with Gasteiger partial charge in [-0.25, -0.2) is 9.59 Å². The number of urea groups is 2. The minimum Gasteiger partial charge on any atom is -0.472 e. The number of anilines is 2. The molecule has 7 aromatic rings. The molecule has 0 spiro atoms. The van der Waals surface area contributed by atoms with E-state index in [0.717, 1.165) is 96.4 Å². The summed E-state index contributed by atoms with van der Waals surface area (Å²) in [5, 5.41) is 8.97. The molecule has 368 valence electrons. The molecule has 2 aliphatic rings. The van der Waals surface area contributed by atoms with Crippen molar-refractivity contribution >= 4 is 35.1 Å². The predicted octanol–water partition coefficient (Wildman–Crippen LogP) is 11.7. The van der Waals surface area contributed by atoms with Gasteiger partial charge in [0.2, 0.25) is 5.89 Å². The fourth-order valence-electron chi connectivity index (χ4n) is 8.28. The van der Waals surface area contributed by atoms with Crippen molar-refractivity contribution in [3.8, 4) is 33.7 Å². The van der Waals surface area contributed by atoms with E-state index in [2.05, 4.69) is 10.2 Å². The van der Waals surface area contributed by atoms with Gasteiger partial charge < -0.3 is 28.4 Å². The lowest BCUT2D eigenvalue weighted by molar-refractivity contribution is -0.131. The van der Waals surface area contributed by atoms with E-state index in [-0.39, 0.29) is 30.1 Å². The number of nitrogens with one attached hydrogen (secondary N) is 1. The molecule has 5 amide bonds. The minimum absolute atomic E-state index is 0.0305. The van der Waals surface area contributed by atoms with E-state index in [1.165, 1.54) is 0 Å². The summed E-state index contributed by atoms with van der Waals surface area (Å²) in [4.78, 5) is 57.5. The highest BCUT2D eigenvalue weighted by molar-refractivity contribution is 5.99. The highest BCUT2D eigenvalue weighted by Crippen LogP contribution is 2.30. The van der Waals surface area contributed by atoms with Gasteiger partial charge in [-0.15, -0.1) is 10.2 Å². The molecule has 2 aliphatic heterocycles. The number of rotatable bonds is 14. The monoisotopic (exact) mass is 973 g/mol. The van der Waals surface area contributed by atoms with Crippen molar-refractivity contribution in [1.82, 2.24) is 25.3 Å². The summed E-state index contributed by atoms with van der Waals surface area (Å²) < 4.78 is 65.5. The number of carbonyl (C=O) groups excluding carboxylic acids is 4. The van der Waals surface area contributed by atoms with E-state index in [1.54, 1.807) is 71.3 Å². The zero-order valence-corrected chi connectivity index (χ0v) is 38.6. The van der Waals surface area contributed by atoms with E-state index >= 15 is 0 Å². The summed E-state index contributed by atoms with van der Waals surface area (Å²) in [5.74, 6) is -2.64. The molecule has 0 radical (unpaired) electrons. The van der Waals surface area contributed by atoms with Crippen LogP contribution in [0.1, 0.15) is 72.3 Å². The maximum Gasteiger partial charge on any atom is 0.324 e. The number of hydrogen-bond donors (Lipinski definition) is 1. The third-order valence-corrected chi connectivity index (χ3v) is 12.2. The minimum atomic E-state index is -3.17. The molecule has 0 aliphatic carbocycles. The number of hydrogen-bond acceptors (Lipinski definition) is 9. The van der Waals surface area contributed by atoms with Gasteiger partial charge in [0.15, 0.2) is 5.78 Å². The van der Waals surface area contributed by atoms with E-state index in [9.17, 15) is 36.7 Å². The number of halogens is 4. The number of carbonyl (C=O) groups is 4. The zero-order chi connectivity index (χ0) is 49.7. The van der Waals surface area contributed by atoms with Crippen LogP contribution in [0.2, 0.25) is 0 Å². The maximum atomic E-state index is 13.5. The first kappa shape index (κ1) is 49.4. The molecule has 2 saturated heterocycles. The van der Waals surface area contributed by atoms with Crippen LogP contribution < -0.4 is 15.1 Å². The summed E-state index contributed by atoms with van der Waals surface area (Å²) in [7, 11) is 0. The average molecular weight is 974 g/mol. The number of amides is 5. The van der Waals surface area contributed by atoms with Crippen LogP contribution in [0.15, 0.2) is 147 Å². The Bertz CT molecular complexity index is 2810. The number of furan rings is 2. The lowest BCUT2D eigenvalue weighted by atomic mass is 10.1. The number of ketones is 1. The van der Waals surface area contributed by atoms with Crippen molar-refractivity contribution in [2.45, 2.75) is 64.5 Å². The van der Waals surface area contributed by atoms with Crippen LogP contribution in [0.25, 0.3) is 33.7 Å². The molecule has 14 nitrogen and oxygen atoms in total. The third-order valence-electron chi connectivity index (χ3n) is 12.2. The van der Waals surface area contributed by atoms with Gasteiger partial charge in [-0.2, -0.15) is 17.6 Å². The second kappa shape index (κ2) is 23.5. The molecule has 18 heteroatoms. The lowest BCUT2D eigenvalue weighted by Crippen LogP contribution is -2.45. The van der Waals surface area contributed by atoms with Gasteiger partial charge in [-0.3, -0.25) is 19.4 Å². The molecule has 3 aromatic heterocycles. The van der Waals surface area contributed by atoms with Crippen LogP contribution in [-0.4, -0.2) is 82.9 Å². The molecule has 9 rings (SSSR count). The third kappa shape index (κ3) is 12.8. The highest BCUT2D eigenvalue weighted by atomic mass is 19.3. The molecule has 71 heavy (non-hydrogen) atoms. The molecule has 0 atom stereocenters. The Morgan fingerprint density at radius 3 is 1.41 bits per heavy atom. The first-order valence-electron chi connectivity index (χ1n) is 23.3. The number of alkyl halides is 4. The number of benzene rings is 4. The van der Waals surface area contributed by atoms with Crippen LogP contribution in [0.3, 0.4) is 0 Å². The van der Waals surface area contributed by atoms with Crippen LogP contribution in [0.4, 0.5) is 38.5 Å². The Labute approximate surface area is 406 Å². The van der Waals surface area contributed by atoms with Gasteiger partial charge in [-0.1, -0.05) is 60.7 Å². The quantitative estimate of drug-likeness (QED) is 0.0827. The van der Waals surface area contributed by atoms with Crippen molar-refractivity contribution in [1.29, 1.82) is 0 Å². The van der Waals surface area contributed by atoms with E-state index in [4.69, 9.17) is 13.3 Å². The molecule has 0 bridgehead atoms. The van der Waals surface area contributed by atoms with Crippen molar-refractivity contribution in [2.75, 3.05) is 42.5 Å². The van der Waals surface area contributed by atoms with Crippen LogP contribution in [-0.2, 0) is 17.9 Å². The highest BCUT2D eigenvalue weighted by Gasteiger charge is 2.27. The molecule has 0 saturated carbocycles. The molecule has 4 aromatic carbocycles. The van der Waals surface area contributed by atoms with Gasteiger partial charge in [0.05, 0.1) is 44.7 Å². The maximum absolute atomic E-state index is 13.5. The first-order chi connectivity index (χ1) is 34.5. The second-order valence-electron chi connectivity index (χ2n) is 17.0. The number of piperidine rings is 2. The molecule has 5 heterocycles. The Balaban J connectivity index is 0.000000190. The molecule has 2 fully saturated rings. The van der Waals surface area contributed by atoms with Crippen LogP contribution in [0, 0.1) is 0 Å². The lowest BCUT2D eigenvalue weighted by Gasteiger charge is -2.33. The van der Waals surface area contributed by atoms with Gasteiger partial charge in [0.25, 0.3) is 11.8 Å². The normalized spacial score (nSPS) is 13.7. The number of aromatic nitrogens is 2. The van der Waals surface area contributed by atoms with Gasteiger partial charge >= 0.3 is 24.9 Å². The van der Waals surface area contributed by atoms with Gasteiger partial charge in [0, 0.05) is 59.8 Å². The van der Waals surface area contributed by atoms with Crippen molar-refractivity contribution in [2.24, 2.45) is 0 Å². The summed E-state index contributed by atoms with van der Waals surface area (Å²) >= 11 is 0. The summed E-state index contributed by atoms with van der Waals surface area (Å²) in [6.45, 7) is 3.03. The molecule has 0 unspecified atom stereocenters. The average Bonchev–Trinajstić information content (AvgIpc) is 4.25. The number of nitrogens with zero attached hydrogens (tertiary/aromatic N) is 6. The van der Waals surface area contributed by atoms with Gasteiger partial charge in [0.1, 0.15) is 0 Å². The summed E-state index contributed by atoms with van der Waals surface area (Å²) in [5.41, 5.74) is 7.91. The molecular weight excluding hydrogens is 923 g/mol. The predicted molar refractivity (Wildman–Crippen MR) is 257 cm³/mol. The summed E-state index contributed by atoms with van der Waals surface area (Å²) in [6.07, 6.45) is 6.77. The van der Waals surface area contributed by atoms with E-state index in [1.807, 2.05) is 87.9 Å².